The van der Waals surface area contributed by atoms with Crippen LogP contribution in [-0.2, 0) is 4.79 Å². The van der Waals surface area contributed by atoms with Crippen molar-refractivity contribution in [3.8, 4) is 0 Å². The molecule has 0 fully saturated rings. The first kappa shape index (κ1) is 10.7. The molecule has 0 radical (unpaired) electrons. The summed E-state index contributed by atoms with van der Waals surface area (Å²) in [7, 11) is 0. The van der Waals surface area contributed by atoms with E-state index in [0.717, 1.165) is 21.9 Å². The maximum absolute atomic E-state index is 10.8. The van der Waals surface area contributed by atoms with E-state index < -0.39 is 0 Å². The van der Waals surface area contributed by atoms with E-state index in [4.69, 9.17) is 11.6 Å². The minimum Gasteiger partial charge on any atom is -0.303 e. The third kappa shape index (κ3) is 3.12. The van der Waals surface area contributed by atoms with E-state index in [-0.39, 0.29) is 5.92 Å². The van der Waals surface area contributed by atoms with Gasteiger partial charge in [-0.15, -0.1) is 11.3 Å². The summed E-state index contributed by atoms with van der Waals surface area (Å²) in [6, 6.07) is 3.78. The first-order chi connectivity index (χ1) is 6.13. The molecule has 0 aliphatic heterocycles. The zero-order valence-electron chi connectivity index (χ0n) is 7.79. The molecule has 72 valence electrons. The van der Waals surface area contributed by atoms with Crippen LogP contribution in [0.3, 0.4) is 0 Å². The van der Waals surface area contributed by atoms with Crippen molar-refractivity contribution in [2.24, 2.45) is 5.92 Å². The Morgan fingerprint density at radius 3 is 2.62 bits per heavy atom. The van der Waals surface area contributed by atoms with Gasteiger partial charge < -0.3 is 4.79 Å². The number of thiophene rings is 1. The lowest BCUT2D eigenvalue weighted by Crippen LogP contribution is -2.02. The molecule has 0 N–H and O–H groups in total. The predicted molar refractivity (Wildman–Crippen MR) is 57.6 cm³/mol. The summed E-state index contributed by atoms with van der Waals surface area (Å²) in [5, 5.41) is 0. The number of aldehydes is 1. The van der Waals surface area contributed by atoms with E-state index in [9.17, 15) is 4.79 Å². The molecule has 0 saturated heterocycles. The summed E-state index contributed by atoms with van der Waals surface area (Å²) in [5.74, 6) is 0.563. The molecule has 1 aromatic rings. The van der Waals surface area contributed by atoms with Crippen LogP contribution in [0.5, 0.6) is 0 Å². The lowest BCUT2D eigenvalue weighted by Gasteiger charge is -2.09. The fourth-order valence-corrected chi connectivity index (χ4v) is 2.40. The Balaban J connectivity index is 2.72. The molecule has 0 aliphatic carbocycles. The lowest BCUT2D eigenvalue weighted by molar-refractivity contribution is -0.109. The summed E-state index contributed by atoms with van der Waals surface area (Å²) >= 11 is 7.30. The molecule has 0 amide bonds. The van der Waals surface area contributed by atoms with Crippen molar-refractivity contribution in [1.29, 1.82) is 0 Å². The molecule has 0 bridgehead atoms. The Morgan fingerprint density at radius 1 is 1.54 bits per heavy atom. The SMILES string of the molecule is CC(C)CC(C=O)c1ccc(Cl)s1. The largest absolute Gasteiger partial charge is 0.303 e. The highest BCUT2D eigenvalue weighted by Crippen LogP contribution is 2.30. The van der Waals surface area contributed by atoms with Crippen molar-refractivity contribution >= 4 is 29.2 Å². The first-order valence-electron chi connectivity index (χ1n) is 4.34. The normalized spacial score (nSPS) is 13.2. The minimum atomic E-state index is 0.0255. The summed E-state index contributed by atoms with van der Waals surface area (Å²) in [6.45, 7) is 4.23. The van der Waals surface area contributed by atoms with Gasteiger partial charge in [-0.25, -0.2) is 0 Å². The maximum atomic E-state index is 10.8. The van der Waals surface area contributed by atoms with Crippen LogP contribution < -0.4 is 0 Å². The van der Waals surface area contributed by atoms with Crippen LogP contribution in [0.4, 0.5) is 0 Å². The van der Waals surface area contributed by atoms with Crippen molar-refractivity contribution in [2.45, 2.75) is 26.2 Å². The number of hydrogen-bond donors (Lipinski definition) is 0. The van der Waals surface area contributed by atoms with Gasteiger partial charge in [0, 0.05) is 10.8 Å². The Hall–Kier alpha value is -0.340. The van der Waals surface area contributed by atoms with Crippen LogP contribution in [0.2, 0.25) is 4.34 Å². The fourth-order valence-electron chi connectivity index (χ4n) is 1.27. The van der Waals surface area contributed by atoms with E-state index in [1.807, 2.05) is 12.1 Å². The van der Waals surface area contributed by atoms with Crippen molar-refractivity contribution in [2.75, 3.05) is 0 Å². The van der Waals surface area contributed by atoms with Crippen molar-refractivity contribution in [1.82, 2.24) is 0 Å². The molecule has 1 rings (SSSR count). The van der Waals surface area contributed by atoms with Gasteiger partial charge in [-0.3, -0.25) is 0 Å². The number of carbonyl (C=O) groups excluding carboxylic acids is 1. The first-order valence-corrected chi connectivity index (χ1v) is 5.53. The van der Waals surface area contributed by atoms with Crippen molar-refractivity contribution < 1.29 is 4.79 Å². The summed E-state index contributed by atoms with van der Waals surface area (Å²) in [6.07, 6.45) is 1.92. The molecule has 1 atom stereocenters. The predicted octanol–water partition coefficient (Wildman–Crippen LogP) is 3.73. The zero-order chi connectivity index (χ0) is 9.84. The van der Waals surface area contributed by atoms with Crippen LogP contribution in [0.1, 0.15) is 31.1 Å². The highest BCUT2D eigenvalue weighted by Gasteiger charge is 2.14. The smallest absolute Gasteiger partial charge is 0.128 e. The molecule has 0 aliphatic rings. The highest BCUT2D eigenvalue weighted by atomic mass is 35.5. The second-order valence-electron chi connectivity index (χ2n) is 3.51. The van der Waals surface area contributed by atoms with Gasteiger partial charge >= 0.3 is 0 Å². The summed E-state index contributed by atoms with van der Waals surface area (Å²) in [4.78, 5) is 11.9. The van der Waals surface area contributed by atoms with Gasteiger partial charge in [-0.2, -0.15) is 0 Å². The average molecular weight is 217 g/mol. The van der Waals surface area contributed by atoms with Crippen LogP contribution in [0.25, 0.3) is 0 Å². The number of hydrogen-bond acceptors (Lipinski definition) is 2. The Labute approximate surface area is 87.7 Å². The number of halogens is 1. The Morgan fingerprint density at radius 2 is 2.23 bits per heavy atom. The fraction of sp³-hybridized carbons (Fsp3) is 0.500. The third-order valence-electron chi connectivity index (χ3n) is 1.85. The Bertz CT molecular complexity index is 280. The molecular formula is C10H13ClOS. The topological polar surface area (TPSA) is 17.1 Å². The number of carbonyl (C=O) groups is 1. The maximum Gasteiger partial charge on any atom is 0.128 e. The molecule has 3 heteroatoms. The van der Waals surface area contributed by atoms with Gasteiger partial charge in [-0.05, 0) is 24.5 Å². The van der Waals surface area contributed by atoms with Gasteiger partial charge in [0.15, 0.2) is 0 Å². The molecule has 1 nitrogen and oxygen atoms in total. The molecule has 1 aromatic heterocycles. The van der Waals surface area contributed by atoms with Crippen LogP contribution in [0, 0.1) is 5.92 Å². The molecule has 0 spiro atoms. The standard InChI is InChI=1S/C10H13ClOS/c1-7(2)5-8(6-12)9-3-4-10(11)13-9/h3-4,6-8H,5H2,1-2H3. The lowest BCUT2D eigenvalue weighted by atomic mass is 9.97. The highest BCUT2D eigenvalue weighted by molar-refractivity contribution is 7.16. The van der Waals surface area contributed by atoms with Crippen LogP contribution in [0.15, 0.2) is 12.1 Å². The van der Waals surface area contributed by atoms with Crippen molar-refractivity contribution in [3.05, 3.63) is 21.3 Å². The molecule has 13 heavy (non-hydrogen) atoms. The van der Waals surface area contributed by atoms with E-state index in [1.54, 1.807) is 0 Å². The van der Waals surface area contributed by atoms with E-state index in [1.165, 1.54) is 11.3 Å². The molecule has 1 unspecified atom stereocenters. The van der Waals surface area contributed by atoms with Gasteiger partial charge in [0.05, 0.1) is 4.34 Å². The number of rotatable bonds is 4. The van der Waals surface area contributed by atoms with Gasteiger partial charge in [0.1, 0.15) is 6.29 Å². The average Bonchev–Trinajstić information content (AvgIpc) is 2.47. The Kier molecular flexibility index (Phi) is 3.94. The summed E-state index contributed by atoms with van der Waals surface area (Å²) < 4.78 is 0.755. The van der Waals surface area contributed by atoms with Crippen molar-refractivity contribution in [3.63, 3.8) is 0 Å². The monoisotopic (exact) mass is 216 g/mol. The van der Waals surface area contributed by atoms with Crippen LogP contribution >= 0.6 is 22.9 Å². The van der Waals surface area contributed by atoms with Crippen LogP contribution in [-0.4, -0.2) is 6.29 Å². The van der Waals surface area contributed by atoms with Gasteiger partial charge in [0.2, 0.25) is 0 Å². The van der Waals surface area contributed by atoms with E-state index in [2.05, 4.69) is 13.8 Å². The summed E-state index contributed by atoms with van der Waals surface area (Å²) in [5.41, 5.74) is 0. The van der Waals surface area contributed by atoms with E-state index >= 15 is 0 Å². The third-order valence-corrected chi connectivity index (χ3v) is 3.21. The second kappa shape index (κ2) is 4.77. The zero-order valence-corrected chi connectivity index (χ0v) is 9.36. The molecular weight excluding hydrogens is 204 g/mol. The molecule has 0 saturated carbocycles. The molecule has 0 aromatic carbocycles. The minimum absolute atomic E-state index is 0.0255. The molecule has 1 heterocycles. The van der Waals surface area contributed by atoms with Gasteiger partial charge in [-0.1, -0.05) is 25.4 Å². The second-order valence-corrected chi connectivity index (χ2v) is 5.26. The van der Waals surface area contributed by atoms with E-state index in [0.29, 0.717) is 5.92 Å². The van der Waals surface area contributed by atoms with Gasteiger partial charge in [0.25, 0.3) is 0 Å². The quantitative estimate of drug-likeness (QED) is 0.701.